The van der Waals surface area contributed by atoms with Crippen molar-refractivity contribution in [3.63, 3.8) is 0 Å². The summed E-state index contributed by atoms with van der Waals surface area (Å²) in [5, 5.41) is 21.9. The van der Waals surface area contributed by atoms with Crippen LogP contribution in [-0.2, 0) is 0 Å². The van der Waals surface area contributed by atoms with Gasteiger partial charge in [-0.1, -0.05) is 36.4 Å². The number of rotatable bonds is 1. The van der Waals surface area contributed by atoms with Gasteiger partial charge in [-0.3, -0.25) is 0 Å². The zero-order chi connectivity index (χ0) is 15.0. The summed E-state index contributed by atoms with van der Waals surface area (Å²) in [5.74, 6) is 0. The molecule has 3 aromatic rings. The Balaban J connectivity index is 2.53. The first kappa shape index (κ1) is 12.9. The van der Waals surface area contributed by atoms with E-state index in [2.05, 4.69) is 0 Å². The maximum atomic E-state index is 12.6. The van der Waals surface area contributed by atoms with Crippen molar-refractivity contribution in [2.45, 2.75) is 6.92 Å². The summed E-state index contributed by atoms with van der Waals surface area (Å²) in [4.78, 5) is 12.4. The normalized spacial score (nSPS) is 10.5. The molecule has 0 fully saturated rings. The van der Waals surface area contributed by atoms with Crippen LogP contribution in [0.5, 0.6) is 0 Å². The molecule has 0 amide bonds. The van der Waals surface area contributed by atoms with Crippen LogP contribution in [0.3, 0.4) is 0 Å². The predicted octanol–water partition coefficient (Wildman–Crippen LogP) is 2.75. The Hall–Kier alpha value is -3.13. The number of aryl methyl sites for hydroxylation is 1. The summed E-state index contributed by atoms with van der Waals surface area (Å²) in [6, 6.07) is 15.5. The standard InChI is InChI=1S/C16H11N3O2/c1-11-7-8-13-14(9-11)19(21)16(15(10-17)18(13)20)12-5-3-2-4-6-12/h2-9H,1H3. The van der Waals surface area contributed by atoms with E-state index in [0.717, 1.165) is 5.56 Å². The fourth-order valence-corrected chi connectivity index (χ4v) is 2.35. The third kappa shape index (κ3) is 1.94. The molecular weight excluding hydrogens is 266 g/mol. The van der Waals surface area contributed by atoms with Gasteiger partial charge < -0.3 is 9.94 Å². The molecule has 0 unspecified atom stereocenters. The average Bonchev–Trinajstić information content (AvgIpc) is 2.51. The van der Waals surface area contributed by atoms with Gasteiger partial charge in [-0.15, -0.1) is 0 Å². The smallest absolute Gasteiger partial charge is 0.363 e. The highest BCUT2D eigenvalue weighted by atomic mass is 16.5. The maximum absolute atomic E-state index is 12.6. The van der Waals surface area contributed by atoms with Crippen molar-refractivity contribution in [2.24, 2.45) is 0 Å². The Kier molecular flexibility index (Phi) is 2.92. The van der Waals surface area contributed by atoms with Gasteiger partial charge in [0, 0.05) is 16.5 Å². The summed E-state index contributed by atoms with van der Waals surface area (Å²) < 4.78 is 1.18. The van der Waals surface area contributed by atoms with Crippen LogP contribution >= 0.6 is 0 Å². The first-order chi connectivity index (χ1) is 10.1. The number of aromatic nitrogens is 2. The van der Waals surface area contributed by atoms with Gasteiger partial charge >= 0.3 is 5.69 Å². The summed E-state index contributed by atoms with van der Waals surface area (Å²) >= 11 is 0. The minimum Gasteiger partial charge on any atom is -0.805 e. The molecular formula is C16H11N3O2. The van der Waals surface area contributed by atoms with E-state index in [1.54, 1.807) is 48.5 Å². The molecule has 5 nitrogen and oxygen atoms in total. The second-order valence-electron chi connectivity index (χ2n) is 4.76. The Morgan fingerprint density at radius 2 is 1.90 bits per heavy atom. The molecule has 0 atom stereocenters. The molecule has 0 spiro atoms. The zero-order valence-corrected chi connectivity index (χ0v) is 11.3. The minimum absolute atomic E-state index is 0.0752. The maximum Gasteiger partial charge on any atom is 0.363 e. The van der Waals surface area contributed by atoms with Gasteiger partial charge in [0.25, 0.3) is 5.52 Å². The minimum atomic E-state index is -0.201. The molecule has 0 aliphatic carbocycles. The van der Waals surface area contributed by atoms with E-state index in [1.165, 1.54) is 0 Å². The van der Waals surface area contributed by atoms with E-state index < -0.39 is 0 Å². The van der Waals surface area contributed by atoms with Gasteiger partial charge in [0.15, 0.2) is 6.07 Å². The van der Waals surface area contributed by atoms with Gasteiger partial charge in [0.1, 0.15) is 11.2 Å². The summed E-state index contributed by atoms with van der Waals surface area (Å²) in [5.41, 5.74) is 1.72. The van der Waals surface area contributed by atoms with Crippen molar-refractivity contribution >= 4 is 11.0 Å². The van der Waals surface area contributed by atoms with Gasteiger partial charge in [-0.2, -0.15) is 5.26 Å². The van der Waals surface area contributed by atoms with Crippen LogP contribution in [0.1, 0.15) is 11.3 Å². The predicted molar refractivity (Wildman–Crippen MR) is 79.0 cm³/mol. The highest BCUT2D eigenvalue weighted by Gasteiger charge is 2.23. The van der Waals surface area contributed by atoms with Crippen molar-refractivity contribution in [3.8, 4) is 17.3 Å². The number of nitriles is 1. The molecule has 0 aliphatic rings. The lowest BCUT2D eigenvalue weighted by Crippen LogP contribution is -2.24. The molecule has 21 heavy (non-hydrogen) atoms. The van der Waals surface area contributed by atoms with Crippen molar-refractivity contribution in [1.29, 1.82) is 5.26 Å². The average molecular weight is 277 g/mol. The SMILES string of the molecule is Cc1ccc2c(c1)n([O-])c(-c1ccccc1)c(C#N)[n+]2=O. The van der Waals surface area contributed by atoms with E-state index in [0.29, 0.717) is 14.7 Å². The number of fused-ring (bicyclic) bond motifs is 1. The lowest BCUT2D eigenvalue weighted by molar-refractivity contribution is -0.467. The lowest BCUT2D eigenvalue weighted by atomic mass is 10.1. The largest absolute Gasteiger partial charge is 0.805 e. The van der Waals surface area contributed by atoms with E-state index in [-0.39, 0.29) is 22.4 Å². The monoisotopic (exact) mass is 277 g/mol. The summed E-state index contributed by atoms with van der Waals surface area (Å²) in [6.07, 6.45) is 0. The highest BCUT2D eigenvalue weighted by molar-refractivity contribution is 5.78. The fraction of sp³-hybridized carbons (Fsp3) is 0.0625. The van der Waals surface area contributed by atoms with E-state index in [1.807, 2.05) is 13.0 Å². The van der Waals surface area contributed by atoms with Crippen LogP contribution in [0.4, 0.5) is 0 Å². The number of hydrogen-bond donors (Lipinski definition) is 0. The molecule has 5 heteroatoms. The quantitative estimate of drug-likeness (QED) is 0.642. The summed E-state index contributed by atoms with van der Waals surface area (Å²) in [7, 11) is 0. The second kappa shape index (κ2) is 4.76. The number of nitrogens with zero attached hydrogens (tertiary/aromatic N) is 3. The van der Waals surface area contributed by atoms with Crippen LogP contribution in [0, 0.1) is 28.4 Å². The van der Waals surface area contributed by atoms with Crippen molar-refractivity contribution in [1.82, 2.24) is 4.73 Å². The Bertz CT molecular complexity index is 938. The molecule has 2 aromatic carbocycles. The molecule has 0 aliphatic heterocycles. The van der Waals surface area contributed by atoms with Crippen LogP contribution in [0.25, 0.3) is 22.3 Å². The van der Waals surface area contributed by atoms with E-state index in [4.69, 9.17) is 0 Å². The molecule has 1 aromatic heterocycles. The van der Waals surface area contributed by atoms with Crippen LogP contribution in [0.15, 0.2) is 48.5 Å². The molecule has 3 rings (SSSR count). The third-order valence-electron chi connectivity index (χ3n) is 3.35. The Labute approximate surface area is 120 Å². The van der Waals surface area contributed by atoms with Crippen molar-refractivity contribution in [2.75, 3.05) is 0 Å². The van der Waals surface area contributed by atoms with Gasteiger partial charge in [-0.05, 0) is 18.6 Å². The number of hydrogen-bond acceptors (Lipinski definition) is 3. The van der Waals surface area contributed by atoms with Crippen LogP contribution < -0.4 is 4.43 Å². The fourth-order valence-electron chi connectivity index (χ4n) is 2.35. The van der Waals surface area contributed by atoms with E-state index >= 15 is 0 Å². The van der Waals surface area contributed by atoms with Crippen LogP contribution in [-0.4, -0.2) is 4.73 Å². The molecule has 0 bridgehead atoms. The molecule has 1 heterocycles. The molecule has 102 valence electrons. The molecule has 0 N–H and O–H groups in total. The molecule has 0 saturated carbocycles. The highest BCUT2D eigenvalue weighted by Crippen LogP contribution is 2.24. The Morgan fingerprint density at radius 1 is 1.19 bits per heavy atom. The van der Waals surface area contributed by atoms with Crippen molar-refractivity contribution < 1.29 is 4.43 Å². The van der Waals surface area contributed by atoms with E-state index in [9.17, 15) is 15.4 Å². The third-order valence-corrected chi connectivity index (χ3v) is 3.35. The topological polar surface area (TPSA) is 74.8 Å². The van der Waals surface area contributed by atoms with Gasteiger partial charge in [0.2, 0.25) is 0 Å². The number of benzene rings is 2. The first-order valence-electron chi connectivity index (χ1n) is 6.38. The zero-order valence-electron chi connectivity index (χ0n) is 11.3. The Morgan fingerprint density at radius 3 is 2.57 bits per heavy atom. The second-order valence-corrected chi connectivity index (χ2v) is 4.76. The first-order valence-corrected chi connectivity index (χ1v) is 6.38. The summed E-state index contributed by atoms with van der Waals surface area (Å²) in [6.45, 7) is 1.84. The van der Waals surface area contributed by atoms with Crippen molar-refractivity contribution in [3.05, 3.63) is 69.9 Å². The van der Waals surface area contributed by atoms with Crippen LogP contribution in [0.2, 0.25) is 0 Å². The molecule has 0 saturated heterocycles. The van der Waals surface area contributed by atoms with Gasteiger partial charge in [-0.25, -0.2) is 0 Å². The molecule has 0 radical (unpaired) electrons. The lowest BCUT2D eigenvalue weighted by Gasteiger charge is -2.18. The van der Waals surface area contributed by atoms with Gasteiger partial charge in [0.05, 0.1) is 4.43 Å².